The maximum absolute atomic E-state index is 12.6. The van der Waals surface area contributed by atoms with Gasteiger partial charge >= 0.3 is 0 Å². The van der Waals surface area contributed by atoms with Gasteiger partial charge in [-0.1, -0.05) is 18.9 Å². The number of carbonyl (C=O) groups is 1. The summed E-state index contributed by atoms with van der Waals surface area (Å²) >= 11 is 0. The van der Waals surface area contributed by atoms with Crippen LogP contribution in [0.4, 0.5) is 0 Å². The molecule has 5 heteroatoms. The smallest absolute Gasteiger partial charge is 0.225 e. The average Bonchev–Trinajstić information content (AvgIpc) is 3.17. The SMILES string of the molecule is COC1CN(C2CCN(C(=O)C3CCCC3)CC2)C1c1cccnc1. The predicted octanol–water partition coefficient (Wildman–Crippen LogP) is 2.63. The van der Waals surface area contributed by atoms with Crippen molar-refractivity contribution in [2.45, 2.75) is 56.7 Å². The second kappa shape index (κ2) is 7.42. The zero-order chi connectivity index (χ0) is 17.2. The molecule has 1 aromatic heterocycles. The third-order valence-electron chi connectivity index (χ3n) is 6.38. The molecule has 0 N–H and O–H groups in total. The first kappa shape index (κ1) is 17.0. The molecule has 4 rings (SSSR count). The van der Waals surface area contributed by atoms with Crippen LogP contribution in [-0.2, 0) is 9.53 Å². The van der Waals surface area contributed by atoms with Crippen molar-refractivity contribution in [3.05, 3.63) is 30.1 Å². The lowest BCUT2D eigenvalue weighted by atomic mass is 9.87. The van der Waals surface area contributed by atoms with Gasteiger partial charge in [0.15, 0.2) is 0 Å². The van der Waals surface area contributed by atoms with E-state index in [0.29, 0.717) is 23.9 Å². The molecular weight excluding hydrogens is 314 g/mol. The van der Waals surface area contributed by atoms with Crippen LogP contribution in [0.2, 0.25) is 0 Å². The van der Waals surface area contributed by atoms with Crippen LogP contribution in [0.25, 0.3) is 0 Å². The lowest BCUT2D eigenvalue weighted by Crippen LogP contribution is -2.60. The van der Waals surface area contributed by atoms with E-state index in [1.54, 1.807) is 7.11 Å². The summed E-state index contributed by atoms with van der Waals surface area (Å²) < 4.78 is 5.67. The molecule has 0 aromatic carbocycles. The molecule has 5 nitrogen and oxygen atoms in total. The Kier molecular flexibility index (Phi) is 5.04. The zero-order valence-corrected chi connectivity index (χ0v) is 15.1. The van der Waals surface area contributed by atoms with Gasteiger partial charge in [0.25, 0.3) is 0 Å². The number of pyridine rings is 1. The number of likely N-dealkylation sites (tertiary alicyclic amines) is 2. The number of hydrogen-bond donors (Lipinski definition) is 0. The number of nitrogens with zero attached hydrogens (tertiary/aromatic N) is 3. The minimum Gasteiger partial charge on any atom is -0.378 e. The molecule has 3 heterocycles. The van der Waals surface area contributed by atoms with Crippen LogP contribution < -0.4 is 0 Å². The standard InChI is InChI=1S/C20H29N3O2/c1-25-18-14-23(19(18)16-7-4-10-21-13-16)17-8-11-22(12-9-17)20(24)15-5-2-3-6-15/h4,7,10,13,15,17-19H,2-3,5-6,8-9,11-12,14H2,1H3. The molecule has 1 aromatic rings. The number of ether oxygens (including phenoxy) is 1. The Hall–Kier alpha value is -1.46. The van der Waals surface area contributed by atoms with E-state index in [1.807, 2.05) is 18.5 Å². The van der Waals surface area contributed by atoms with Gasteiger partial charge in [-0.2, -0.15) is 0 Å². The van der Waals surface area contributed by atoms with Crippen molar-refractivity contribution >= 4 is 5.91 Å². The number of rotatable bonds is 4. The van der Waals surface area contributed by atoms with Gasteiger partial charge in [-0.05, 0) is 37.3 Å². The van der Waals surface area contributed by atoms with E-state index < -0.39 is 0 Å². The second-order valence-electron chi connectivity index (χ2n) is 7.74. The molecule has 1 amide bonds. The number of piperidine rings is 1. The highest BCUT2D eigenvalue weighted by atomic mass is 16.5. The summed E-state index contributed by atoms with van der Waals surface area (Å²) in [5.41, 5.74) is 1.24. The highest BCUT2D eigenvalue weighted by Crippen LogP contribution is 2.39. The average molecular weight is 343 g/mol. The maximum atomic E-state index is 12.6. The van der Waals surface area contributed by atoms with Gasteiger partial charge < -0.3 is 9.64 Å². The van der Waals surface area contributed by atoms with Crippen LogP contribution in [0.15, 0.2) is 24.5 Å². The summed E-state index contributed by atoms with van der Waals surface area (Å²) in [6, 6.07) is 5.00. The molecule has 2 saturated heterocycles. The number of amides is 1. The van der Waals surface area contributed by atoms with Crippen LogP contribution in [0.5, 0.6) is 0 Å². The third kappa shape index (κ3) is 3.32. The van der Waals surface area contributed by atoms with Crippen molar-refractivity contribution in [2.75, 3.05) is 26.7 Å². The normalized spacial score (nSPS) is 28.9. The van der Waals surface area contributed by atoms with Gasteiger partial charge in [0, 0.05) is 51.1 Å². The van der Waals surface area contributed by atoms with E-state index in [2.05, 4.69) is 20.9 Å². The van der Waals surface area contributed by atoms with E-state index in [0.717, 1.165) is 45.3 Å². The Balaban J connectivity index is 1.36. The molecule has 0 bridgehead atoms. The van der Waals surface area contributed by atoms with Gasteiger partial charge in [-0.25, -0.2) is 0 Å². The third-order valence-corrected chi connectivity index (χ3v) is 6.38. The van der Waals surface area contributed by atoms with Crippen LogP contribution in [0.1, 0.15) is 50.1 Å². The first-order valence-electron chi connectivity index (χ1n) is 9.75. The summed E-state index contributed by atoms with van der Waals surface area (Å²) in [6.45, 7) is 2.80. The Morgan fingerprint density at radius 1 is 1.20 bits per heavy atom. The molecule has 2 aliphatic heterocycles. The summed E-state index contributed by atoms with van der Waals surface area (Å²) in [5, 5.41) is 0. The highest BCUT2D eigenvalue weighted by molar-refractivity contribution is 5.79. The fraction of sp³-hybridized carbons (Fsp3) is 0.700. The predicted molar refractivity (Wildman–Crippen MR) is 96.0 cm³/mol. The van der Waals surface area contributed by atoms with E-state index in [9.17, 15) is 4.79 Å². The monoisotopic (exact) mass is 343 g/mol. The minimum absolute atomic E-state index is 0.252. The summed E-state index contributed by atoms with van der Waals surface area (Å²) in [7, 11) is 1.80. The van der Waals surface area contributed by atoms with Gasteiger partial charge in [-0.3, -0.25) is 14.7 Å². The van der Waals surface area contributed by atoms with E-state index in [4.69, 9.17) is 4.74 Å². The van der Waals surface area contributed by atoms with E-state index >= 15 is 0 Å². The number of aromatic nitrogens is 1. The minimum atomic E-state index is 0.252. The fourth-order valence-corrected chi connectivity index (χ4v) is 4.88. The van der Waals surface area contributed by atoms with Crippen molar-refractivity contribution in [3.63, 3.8) is 0 Å². The Bertz CT molecular complexity index is 580. The van der Waals surface area contributed by atoms with Gasteiger partial charge in [-0.15, -0.1) is 0 Å². The van der Waals surface area contributed by atoms with E-state index in [1.165, 1.54) is 18.4 Å². The summed E-state index contributed by atoms with van der Waals surface area (Å²) in [5.74, 6) is 0.722. The molecule has 136 valence electrons. The van der Waals surface area contributed by atoms with Gasteiger partial charge in [0.05, 0.1) is 12.1 Å². The molecule has 3 aliphatic rings. The fourth-order valence-electron chi connectivity index (χ4n) is 4.88. The number of methoxy groups -OCH3 is 1. The van der Waals surface area contributed by atoms with Crippen molar-refractivity contribution in [2.24, 2.45) is 5.92 Å². The first-order chi connectivity index (χ1) is 12.3. The molecule has 2 atom stereocenters. The van der Waals surface area contributed by atoms with Crippen molar-refractivity contribution in [1.29, 1.82) is 0 Å². The molecule has 0 radical (unpaired) electrons. The lowest BCUT2D eigenvalue weighted by Gasteiger charge is -2.53. The van der Waals surface area contributed by atoms with Gasteiger partial charge in [0.1, 0.15) is 0 Å². The first-order valence-corrected chi connectivity index (χ1v) is 9.75. The Morgan fingerprint density at radius 3 is 2.60 bits per heavy atom. The van der Waals surface area contributed by atoms with Crippen LogP contribution in [0, 0.1) is 5.92 Å². The summed E-state index contributed by atoms with van der Waals surface area (Å²) in [6.07, 6.45) is 10.8. The van der Waals surface area contributed by atoms with Gasteiger partial charge in [0.2, 0.25) is 5.91 Å². The van der Waals surface area contributed by atoms with Crippen LogP contribution in [-0.4, -0.2) is 59.6 Å². The van der Waals surface area contributed by atoms with Crippen molar-refractivity contribution < 1.29 is 9.53 Å². The molecule has 1 aliphatic carbocycles. The van der Waals surface area contributed by atoms with Crippen LogP contribution in [0.3, 0.4) is 0 Å². The Labute approximate surface area is 150 Å². The van der Waals surface area contributed by atoms with Crippen molar-refractivity contribution in [1.82, 2.24) is 14.8 Å². The Morgan fingerprint density at radius 2 is 1.96 bits per heavy atom. The summed E-state index contributed by atoms with van der Waals surface area (Å²) in [4.78, 5) is 21.6. The molecule has 25 heavy (non-hydrogen) atoms. The zero-order valence-electron chi connectivity index (χ0n) is 15.1. The topological polar surface area (TPSA) is 45.7 Å². The second-order valence-corrected chi connectivity index (χ2v) is 7.74. The van der Waals surface area contributed by atoms with Crippen LogP contribution >= 0.6 is 0 Å². The molecule has 3 fully saturated rings. The highest BCUT2D eigenvalue weighted by Gasteiger charge is 2.45. The molecule has 1 saturated carbocycles. The largest absolute Gasteiger partial charge is 0.378 e. The molecular formula is C20H29N3O2. The van der Waals surface area contributed by atoms with Crippen molar-refractivity contribution in [3.8, 4) is 0 Å². The molecule has 2 unspecified atom stereocenters. The number of hydrogen-bond acceptors (Lipinski definition) is 4. The number of carbonyl (C=O) groups excluding carboxylic acids is 1. The maximum Gasteiger partial charge on any atom is 0.225 e. The quantitative estimate of drug-likeness (QED) is 0.843. The van der Waals surface area contributed by atoms with E-state index in [-0.39, 0.29) is 6.10 Å². The molecule has 0 spiro atoms. The lowest BCUT2D eigenvalue weighted by molar-refractivity contribution is -0.141.